The van der Waals surface area contributed by atoms with E-state index in [9.17, 15) is 14.7 Å². The fraction of sp³-hybridized carbons (Fsp3) is 0.857. The number of carbonyl (C=O) groups excluding carboxylic acids is 1. The lowest BCUT2D eigenvalue weighted by atomic mass is 9.84. The van der Waals surface area contributed by atoms with E-state index in [1.54, 1.807) is 16.7 Å². The number of amides is 1. The van der Waals surface area contributed by atoms with E-state index in [0.717, 1.165) is 25.9 Å². The average molecular weight is 300 g/mol. The van der Waals surface area contributed by atoms with Gasteiger partial charge in [-0.05, 0) is 38.8 Å². The molecule has 20 heavy (non-hydrogen) atoms. The molecule has 1 amide bonds. The van der Waals surface area contributed by atoms with Crippen LogP contribution in [0.25, 0.3) is 0 Å². The molecule has 114 valence electrons. The average Bonchev–Trinajstić information content (AvgIpc) is 2.92. The maximum Gasteiger partial charge on any atom is 0.311 e. The number of hydrogen-bond donors (Lipinski definition) is 2. The van der Waals surface area contributed by atoms with Crippen LogP contribution in [0.2, 0.25) is 0 Å². The topological polar surface area (TPSA) is 69.6 Å². The first kappa shape index (κ1) is 15.6. The predicted molar refractivity (Wildman–Crippen MR) is 79.9 cm³/mol. The maximum atomic E-state index is 12.2. The molecule has 0 saturated carbocycles. The molecule has 2 heterocycles. The molecule has 0 spiro atoms. The summed E-state index contributed by atoms with van der Waals surface area (Å²) in [6, 6.07) is 0. The van der Waals surface area contributed by atoms with Gasteiger partial charge in [0.25, 0.3) is 0 Å². The minimum Gasteiger partial charge on any atom is -0.481 e. The van der Waals surface area contributed by atoms with Crippen molar-refractivity contribution in [3.63, 3.8) is 0 Å². The van der Waals surface area contributed by atoms with Gasteiger partial charge in [-0.2, -0.15) is 0 Å². The minimum absolute atomic E-state index is 0.102. The summed E-state index contributed by atoms with van der Waals surface area (Å²) >= 11 is 1.73. The van der Waals surface area contributed by atoms with Crippen LogP contribution in [0.15, 0.2) is 0 Å². The number of rotatable bonds is 5. The van der Waals surface area contributed by atoms with Gasteiger partial charge in [-0.1, -0.05) is 6.92 Å². The fourth-order valence-electron chi connectivity index (χ4n) is 2.94. The molecule has 2 aliphatic rings. The third-order valence-electron chi connectivity index (χ3n) is 4.57. The van der Waals surface area contributed by atoms with Crippen LogP contribution < -0.4 is 5.32 Å². The summed E-state index contributed by atoms with van der Waals surface area (Å²) in [7, 11) is 0. The van der Waals surface area contributed by atoms with Crippen molar-refractivity contribution < 1.29 is 14.7 Å². The normalized spacial score (nSPS) is 27.8. The summed E-state index contributed by atoms with van der Waals surface area (Å²) in [5.41, 5.74) is -0.713. The van der Waals surface area contributed by atoms with Gasteiger partial charge in [0.05, 0.1) is 11.2 Å². The molecule has 2 fully saturated rings. The number of aliphatic carboxylic acids is 1. The van der Waals surface area contributed by atoms with Crippen LogP contribution in [0.1, 0.15) is 32.6 Å². The highest BCUT2D eigenvalue weighted by molar-refractivity contribution is 8.00. The molecular weight excluding hydrogens is 276 g/mol. The lowest BCUT2D eigenvalue weighted by Gasteiger charge is -2.25. The van der Waals surface area contributed by atoms with Crippen molar-refractivity contribution in [1.82, 2.24) is 10.2 Å². The summed E-state index contributed by atoms with van der Waals surface area (Å²) in [4.78, 5) is 25.3. The van der Waals surface area contributed by atoms with E-state index in [0.29, 0.717) is 36.9 Å². The second-order valence-electron chi connectivity index (χ2n) is 5.76. The number of hydrogen-bond acceptors (Lipinski definition) is 4. The zero-order valence-electron chi connectivity index (χ0n) is 12.1. The van der Waals surface area contributed by atoms with E-state index in [4.69, 9.17) is 0 Å². The Kier molecular flexibility index (Phi) is 5.32. The van der Waals surface area contributed by atoms with Crippen molar-refractivity contribution in [3.05, 3.63) is 0 Å². The molecule has 2 rings (SSSR count). The molecule has 6 heteroatoms. The standard InChI is InChI=1S/C14H24N2O3S/c1-2-14(13(18)19)5-8-16(10-14)12(17)9-20-11-3-6-15-7-4-11/h11,15H,2-10H2,1H3,(H,18,19). The summed E-state index contributed by atoms with van der Waals surface area (Å²) in [5.74, 6) is -0.171. The number of likely N-dealkylation sites (tertiary alicyclic amines) is 1. The highest BCUT2D eigenvalue weighted by Gasteiger charge is 2.44. The molecule has 0 aromatic rings. The van der Waals surface area contributed by atoms with E-state index in [1.165, 1.54) is 0 Å². The van der Waals surface area contributed by atoms with Crippen LogP contribution >= 0.6 is 11.8 Å². The van der Waals surface area contributed by atoms with Crippen LogP contribution in [-0.4, -0.2) is 59.1 Å². The van der Waals surface area contributed by atoms with Crippen LogP contribution in [0, 0.1) is 5.41 Å². The van der Waals surface area contributed by atoms with Crippen molar-refractivity contribution in [3.8, 4) is 0 Å². The number of nitrogens with one attached hydrogen (secondary N) is 1. The fourth-order valence-corrected chi connectivity index (χ4v) is 4.07. The summed E-state index contributed by atoms with van der Waals surface area (Å²) in [6.45, 7) is 4.93. The third kappa shape index (κ3) is 3.47. The maximum absolute atomic E-state index is 12.2. The first-order valence-corrected chi connectivity index (χ1v) is 8.46. The second kappa shape index (κ2) is 6.80. The molecular formula is C14H24N2O3S. The largest absolute Gasteiger partial charge is 0.481 e. The molecule has 0 aromatic heterocycles. The van der Waals surface area contributed by atoms with Crippen LogP contribution in [0.4, 0.5) is 0 Å². The summed E-state index contributed by atoms with van der Waals surface area (Å²) in [5, 5.41) is 13.2. The number of carboxylic acid groups (broad SMARTS) is 1. The monoisotopic (exact) mass is 300 g/mol. The zero-order valence-corrected chi connectivity index (χ0v) is 12.9. The van der Waals surface area contributed by atoms with Gasteiger partial charge in [0, 0.05) is 18.3 Å². The second-order valence-corrected chi connectivity index (χ2v) is 7.05. The smallest absolute Gasteiger partial charge is 0.311 e. The summed E-state index contributed by atoms with van der Waals surface area (Å²) in [6.07, 6.45) is 3.41. The Morgan fingerprint density at radius 2 is 2.10 bits per heavy atom. The first-order valence-electron chi connectivity index (χ1n) is 7.41. The quantitative estimate of drug-likeness (QED) is 0.798. The van der Waals surface area contributed by atoms with Gasteiger partial charge in [0.2, 0.25) is 5.91 Å². The zero-order chi connectivity index (χ0) is 14.6. The molecule has 2 saturated heterocycles. The van der Waals surface area contributed by atoms with Crippen LogP contribution in [0.3, 0.4) is 0 Å². The van der Waals surface area contributed by atoms with Crippen LogP contribution in [0.5, 0.6) is 0 Å². The molecule has 2 N–H and O–H groups in total. The highest BCUT2D eigenvalue weighted by atomic mass is 32.2. The first-order chi connectivity index (χ1) is 9.57. The van der Waals surface area contributed by atoms with Crippen molar-refractivity contribution >= 4 is 23.6 Å². The Morgan fingerprint density at radius 1 is 1.40 bits per heavy atom. The minimum atomic E-state index is -0.763. The van der Waals surface area contributed by atoms with Gasteiger partial charge < -0.3 is 15.3 Å². The molecule has 0 aromatic carbocycles. The van der Waals surface area contributed by atoms with E-state index >= 15 is 0 Å². The molecule has 0 aliphatic carbocycles. The van der Waals surface area contributed by atoms with Gasteiger partial charge in [-0.15, -0.1) is 11.8 Å². The number of piperidine rings is 1. The lowest BCUT2D eigenvalue weighted by molar-refractivity contribution is -0.148. The summed E-state index contributed by atoms with van der Waals surface area (Å²) < 4.78 is 0. The SMILES string of the molecule is CCC1(C(=O)O)CCN(C(=O)CSC2CCNCC2)C1. The van der Waals surface area contributed by atoms with Gasteiger partial charge in [-0.25, -0.2) is 0 Å². The third-order valence-corrected chi connectivity index (χ3v) is 5.92. The Balaban J connectivity index is 1.80. The van der Waals surface area contributed by atoms with Crippen molar-refractivity contribution in [2.75, 3.05) is 31.9 Å². The van der Waals surface area contributed by atoms with Crippen molar-refractivity contribution in [1.29, 1.82) is 0 Å². The Hall–Kier alpha value is -0.750. The van der Waals surface area contributed by atoms with Crippen molar-refractivity contribution in [2.45, 2.75) is 37.9 Å². The number of carboxylic acids is 1. The van der Waals surface area contributed by atoms with E-state index < -0.39 is 11.4 Å². The molecule has 0 radical (unpaired) electrons. The van der Waals surface area contributed by atoms with Gasteiger partial charge in [0.15, 0.2) is 0 Å². The van der Waals surface area contributed by atoms with Gasteiger partial charge >= 0.3 is 5.97 Å². The molecule has 5 nitrogen and oxygen atoms in total. The van der Waals surface area contributed by atoms with E-state index in [1.807, 2.05) is 6.92 Å². The molecule has 0 bridgehead atoms. The number of thioether (sulfide) groups is 1. The molecule has 1 unspecified atom stereocenters. The highest BCUT2D eigenvalue weighted by Crippen LogP contribution is 2.34. The Bertz CT molecular complexity index is 371. The van der Waals surface area contributed by atoms with Crippen molar-refractivity contribution in [2.24, 2.45) is 5.41 Å². The number of carbonyl (C=O) groups is 2. The Morgan fingerprint density at radius 3 is 2.65 bits per heavy atom. The number of nitrogens with zero attached hydrogens (tertiary/aromatic N) is 1. The van der Waals surface area contributed by atoms with E-state index in [2.05, 4.69) is 5.32 Å². The molecule has 1 atom stereocenters. The van der Waals surface area contributed by atoms with Crippen LogP contribution in [-0.2, 0) is 9.59 Å². The Labute approximate surface area is 124 Å². The molecule has 2 aliphatic heterocycles. The van der Waals surface area contributed by atoms with Gasteiger partial charge in [0.1, 0.15) is 0 Å². The predicted octanol–water partition coefficient (Wildman–Crippen LogP) is 1.18. The van der Waals surface area contributed by atoms with E-state index in [-0.39, 0.29) is 5.91 Å². The lowest BCUT2D eigenvalue weighted by Crippen LogP contribution is -2.37. The van der Waals surface area contributed by atoms with Gasteiger partial charge in [-0.3, -0.25) is 9.59 Å².